The van der Waals surface area contributed by atoms with Gasteiger partial charge in [-0.25, -0.2) is 0 Å². The van der Waals surface area contributed by atoms with Gasteiger partial charge in [0.2, 0.25) is 11.8 Å². The fourth-order valence-electron chi connectivity index (χ4n) is 2.82. The maximum absolute atomic E-state index is 12.4. The van der Waals surface area contributed by atoms with Crippen molar-refractivity contribution in [3.05, 3.63) is 35.1 Å². The first-order chi connectivity index (χ1) is 11.3. The number of nitrogens with one attached hydrogen (secondary N) is 2. The minimum atomic E-state index is -0.510. The molecular formula is C19H26N2O3. The van der Waals surface area contributed by atoms with E-state index in [4.69, 9.17) is 4.42 Å². The summed E-state index contributed by atoms with van der Waals surface area (Å²) < 4.78 is 5.64. The molecule has 5 nitrogen and oxygen atoms in total. The van der Waals surface area contributed by atoms with Gasteiger partial charge in [-0.15, -0.1) is 0 Å². The third-order valence-electron chi connectivity index (χ3n) is 4.30. The first-order valence-corrected chi connectivity index (χ1v) is 8.30. The zero-order valence-electron chi connectivity index (χ0n) is 15.0. The predicted molar refractivity (Wildman–Crippen MR) is 94.8 cm³/mol. The largest absolute Gasteiger partial charge is 0.464 e. The number of likely N-dealkylation sites (N-methyl/N-ethyl adjacent to an activating group) is 1. The van der Waals surface area contributed by atoms with Crippen LogP contribution in [0.3, 0.4) is 0 Å². The molecule has 1 atom stereocenters. The summed E-state index contributed by atoms with van der Waals surface area (Å²) in [7, 11) is 1.58. The molecule has 0 radical (unpaired) electrons. The topological polar surface area (TPSA) is 71.3 Å². The van der Waals surface area contributed by atoms with Gasteiger partial charge >= 0.3 is 0 Å². The Morgan fingerprint density at radius 1 is 1.21 bits per heavy atom. The molecule has 2 amide bonds. The molecule has 0 saturated heterocycles. The normalized spacial score (nSPS) is 12.4. The molecule has 1 aromatic carbocycles. The quantitative estimate of drug-likeness (QED) is 0.855. The smallest absolute Gasteiger partial charge is 0.242 e. The van der Waals surface area contributed by atoms with Gasteiger partial charge in [0.05, 0.1) is 12.7 Å². The zero-order valence-corrected chi connectivity index (χ0v) is 15.0. The minimum Gasteiger partial charge on any atom is -0.464 e. The number of carbonyl (C=O) groups is 2. The predicted octanol–water partition coefficient (Wildman–Crippen LogP) is 2.87. The van der Waals surface area contributed by atoms with Gasteiger partial charge < -0.3 is 15.1 Å². The van der Waals surface area contributed by atoms with Crippen LogP contribution in [0.1, 0.15) is 37.0 Å². The van der Waals surface area contributed by atoms with Crippen LogP contribution in [0.25, 0.3) is 11.0 Å². The highest BCUT2D eigenvalue weighted by Crippen LogP contribution is 2.26. The molecule has 2 aromatic rings. The second-order valence-electron chi connectivity index (χ2n) is 6.69. The van der Waals surface area contributed by atoms with Gasteiger partial charge in [-0.1, -0.05) is 26.0 Å². The van der Waals surface area contributed by atoms with E-state index in [1.165, 1.54) is 0 Å². The number of fused-ring (bicyclic) bond motifs is 1. The van der Waals surface area contributed by atoms with E-state index in [0.717, 1.165) is 27.7 Å². The van der Waals surface area contributed by atoms with Crippen molar-refractivity contribution in [2.24, 2.45) is 5.92 Å². The Morgan fingerprint density at radius 3 is 2.54 bits per heavy atom. The van der Waals surface area contributed by atoms with Gasteiger partial charge in [0.1, 0.15) is 11.6 Å². The lowest BCUT2D eigenvalue weighted by Gasteiger charge is -2.19. The van der Waals surface area contributed by atoms with Crippen molar-refractivity contribution in [2.75, 3.05) is 7.05 Å². The monoisotopic (exact) mass is 330 g/mol. The fourth-order valence-corrected chi connectivity index (χ4v) is 2.82. The summed E-state index contributed by atoms with van der Waals surface area (Å²) in [6.45, 7) is 8.09. The van der Waals surface area contributed by atoms with E-state index < -0.39 is 6.04 Å². The number of benzene rings is 1. The third kappa shape index (κ3) is 3.96. The average molecular weight is 330 g/mol. The van der Waals surface area contributed by atoms with Crippen LogP contribution in [-0.4, -0.2) is 24.9 Å². The van der Waals surface area contributed by atoms with Crippen molar-refractivity contribution in [2.45, 2.75) is 46.6 Å². The zero-order chi connectivity index (χ0) is 17.9. The Labute approximate surface area is 142 Å². The molecule has 2 rings (SSSR count). The highest BCUT2D eigenvalue weighted by Gasteiger charge is 2.21. The molecule has 0 fully saturated rings. The second-order valence-corrected chi connectivity index (χ2v) is 6.69. The number of carbonyl (C=O) groups excluding carboxylic acids is 2. The molecule has 2 N–H and O–H groups in total. The maximum Gasteiger partial charge on any atom is 0.242 e. The Bertz CT molecular complexity index is 746. The van der Waals surface area contributed by atoms with Crippen LogP contribution in [0.5, 0.6) is 0 Å². The lowest BCUT2D eigenvalue weighted by molar-refractivity contribution is -0.128. The first kappa shape index (κ1) is 18.0. The van der Waals surface area contributed by atoms with Crippen molar-refractivity contribution in [1.29, 1.82) is 0 Å². The number of rotatable bonds is 6. The molecule has 0 aliphatic carbocycles. The number of hydrogen-bond acceptors (Lipinski definition) is 3. The highest BCUT2D eigenvalue weighted by molar-refractivity contribution is 5.92. The molecule has 0 bridgehead atoms. The van der Waals surface area contributed by atoms with Gasteiger partial charge in [0.15, 0.2) is 0 Å². The molecule has 24 heavy (non-hydrogen) atoms. The van der Waals surface area contributed by atoms with Crippen LogP contribution in [0.2, 0.25) is 0 Å². The third-order valence-corrected chi connectivity index (χ3v) is 4.30. The standard InChI is InChI=1S/C19H26N2O3/c1-11(2)8-16(19(23)20-5)21-17(22)9-14-10-24-18-13(4)12(3)6-7-15(14)18/h6-7,10-11,16H,8-9H2,1-5H3,(H,20,23)(H,21,22). The van der Waals surface area contributed by atoms with Gasteiger partial charge in [-0.3, -0.25) is 9.59 Å². The Balaban J connectivity index is 2.14. The Morgan fingerprint density at radius 2 is 1.92 bits per heavy atom. The molecule has 1 unspecified atom stereocenters. The lowest BCUT2D eigenvalue weighted by atomic mass is 10.0. The fraction of sp³-hybridized carbons (Fsp3) is 0.474. The van der Waals surface area contributed by atoms with E-state index in [2.05, 4.69) is 10.6 Å². The van der Waals surface area contributed by atoms with Crippen molar-refractivity contribution < 1.29 is 14.0 Å². The molecule has 130 valence electrons. The average Bonchev–Trinajstić information content (AvgIpc) is 2.92. The summed E-state index contributed by atoms with van der Waals surface area (Å²) in [5.41, 5.74) is 3.90. The molecular weight excluding hydrogens is 304 g/mol. The van der Waals surface area contributed by atoms with Gasteiger partial charge in [0.25, 0.3) is 0 Å². The van der Waals surface area contributed by atoms with Gasteiger partial charge in [-0.2, -0.15) is 0 Å². The van der Waals surface area contributed by atoms with Crippen LogP contribution < -0.4 is 10.6 Å². The summed E-state index contributed by atoms with van der Waals surface area (Å²) in [5, 5.41) is 6.39. The first-order valence-electron chi connectivity index (χ1n) is 8.30. The second kappa shape index (κ2) is 7.51. The van der Waals surface area contributed by atoms with Crippen LogP contribution in [0.15, 0.2) is 22.8 Å². The van der Waals surface area contributed by atoms with E-state index in [-0.39, 0.29) is 18.2 Å². The van der Waals surface area contributed by atoms with Crippen molar-refractivity contribution >= 4 is 22.8 Å². The SMILES string of the molecule is CNC(=O)C(CC(C)C)NC(=O)Cc1coc2c(C)c(C)ccc12. The van der Waals surface area contributed by atoms with E-state index >= 15 is 0 Å². The Kier molecular flexibility index (Phi) is 5.65. The van der Waals surface area contributed by atoms with Crippen LogP contribution in [-0.2, 0) is 16.0 Å². The minimum absolute atomic E-state index is 0.166. The van der Waals surface area contributed by atoms with Crippen molar-refractivity contribution in [3.63, 3.8) is 0 Å². The summed E-state index contributed by atoms with van der Waals surface area (Å²) in [6.07, 6.45) is 2.44. The summed E-state index contributed by atoms with van der Waals surface area (Å²) in [6, 6.07) is 3.50. The number of aryl methyl sites for hydroxylation is 2. The van der Waals surface area contributed by atoms with Crippen LogP contribution in [0.4, 0.5) is 0 Å². The molecule has 0 saturated carbocycles. The number of amides is 2. The van der Waals surface area contributed by atoms with E-state index in [0.29, 0.717) is 12.3 Å². The molecule has 0 aliphatic rings. The molecule has 0 aliphatic heterocycles. The highest BCUT2D eigenvalue weighted by atomic mass is 16.3. The maximum atomic E-state index is 12.4. The molecule has 0 spiro atoms. The number of furan rings is 1. The molecule has 5 heteroatoms. The van der Waals surface area contributed by atoms with E-state index in [1.807, 2.05) is 39.8 Å². The molecule has 1 aromatic heterocycles. The van der Waals surface area contributed by atoms with Crippen LogP contribution >= 0.6 is 0 Å². The summed E-state index contributed by atoms with van der Waals surface area (Å²) in [4.78, 5) is 24.3. The van der Waals surface area contributed by atoms with Crippen molar-refractivity contribution in [1.82, 2.24) is 10.6 Å². The summed E-state index contributed by atoms with van der Waals surface area (Å²) in [5.74, 6) is -0.0290. The lowest BCUT2D eigenvalue weighted by Crippen LogP contribution is -2.46. The van der Waals surface area contributed by atoms with Gasteiger partial charge in [0, 0.05) is 18.0 Å². The van der Waals surface area contributed by atoms with E-state index in [9.17, 15) is 9.59 Å². The van der Waals surface area contributed by atoms with Crippen molar-refractivity contribution in [3.8, 4) is 0 Å². The molecule has 1 heterocycles. The number of hydrogen-bond donors (Lipinski definition) is 2. The van der Waals surface area contributed by atoms with E-state index in [1.54, 1.807) is 13.3 Å². The summed E-state index contributed by atoms with van der Waals surface area (Å²) >= 11 is 0. The van der Waals surface area contributed by atoms with Crippen LogP contribution in [0, 0.1) is 19.8 Å². The Hall–Kier alpha value is -2.30. The van der Waals surface area contributed by atoms with Gasteiger partial charge in [-0.05, 0) is 37.3 Å².